The molecule has 2 N–H and O–H groups in total. The van der Waals surface area contributed by atoms with Crippen LogP contribution in [-0.4, -0.2) is 31.7 Å². The van der Waals surface area contributed by atoms with Gasteiger partial charge < -0.3 is 20.1 Å². The van der Waals surface area contributed by atoms with Crippen LogP contribution in [0.15, 0.2) is 28.6 Å². The normalized spacial score (nSPS) is 11.6. The molecule has 1 aromatic heterocycles. The van der Waals surface area contributed by atoms with Crippen LogP contribution >= 0.6 is 11.3 Å². The van der Waals surface area contributed by atoms with Gasteiger partial charge in [0.25, 0.3) is 0 Å². The fourth-order valence-electron chi connectivity index (χ4n) is 2.39. The van der Waals surface area contributed by atoms with E-state index in [1.807, 2.05) is 18.2 Å². The maximum atomic E-state index is 5.70. The van der Waals surface area contributed by atoms with Crippen molar-refractivity contribution >= 4 is 17.3 Å². The van der Waals surface area contributed by atoms with Gasteiger partial charge >= 0.3 is 0 Å². The topological polar surface area (TPSA) is 67.8 Å². The highest BCUT2D eigenvalue weighted by atomic mass is 32.1. The first-order valence-corrected chi connectivity index (χ1v) is 10.1. The van der Waals surface area contributed by atoms with Crippen LogP contribution in [0.25, 0.3) is 0 Å². The van der Waals surface area contributed by atoms with Gasteiger partial charge in [-0.25, -0.2) is 4.98 Å². The van der Waals surface area contributed by atoms with Gasteiger partial charge in [-0.15, -0.1) is 11.3 Å². The molecule has 2 rings (SSSR count). The molecule has 1 aromatic carbocycles. The summed E-state index contributed by atoms with van der Waals surface area (Å²) in [6, 6.07) is 5.97. The van der Waals surface area contributed by atoms with Crippen molar-refractivity contribution in [3.63, 3.8) is 0 Å². The Morgan fingerprint density at radius 1 is 1.22 bits per heavy atom. The average molecular weight is 391 g/mol. The highest BCUT2D eigenvalue weighted by molar-refractivity contribution is 7.09. The van der Waals surface area contributed by atoms with Crippen LogP contribution in [0.3, 0.4) is 0 Å². The average Bonchev–Trinajstić information content (AvgIpc) is 3.16. The van der Waals surface area contributed by atoms with Crippen molar-refractivity contribution in [3.8, 4) is 11.5 Å². The van der Waals surface area contributed by atoms with Crippen LogP contribution in [0, 0.1) is 0 Å². The summed E-state index contributed by atoms with van der Waals surface area (Å²) >= 11 is 1.67. The maximum absolute atomic E-state index is 5.70. The highest BCUT2D eigenvalue weighted by Crippen LogP contribution is 2.28. The number of guanidine groups is 1. The number of aromatic nitrogens is 1. The van der Waals surface area contributed by atoms with E-state index in [-0.39, 0.29) is 0 Å². The van der Waals surface area contributed by atoms with Gasteiger partial charge in [0.1, 0.15) is 5.01 Å². The Kier molecular flexibility index (Phi) is 8.39. The van der Waals surface area contributed by atoms with Gasteiger partial charge in [-0.1, -0.05) is 26.8 Å². The third-order valence-corrected chi connectivity index (χ3v) is 4.81. The number of nitrogens with zero attached hydrogens (tertiary/aromatic N) is 2. The van der Waals surface area contributed by atoms with Crippen LogP contribution in [0.1, 0.15) is 49.4 Å². The van der Waals surface area contributed by atoms with Crippen LogP contribution in [0.5, 0.6) is 11.5 Å². The molecule has 27 heavy (non-hydrogen) atoms. The highest BCUT2D eigenvalue weighted by Gasteiger charge is 2.08. The molecule has 148 valence electrons. The van der Waals surface area contributed by atoms with Crippen LogP contribution in [0.2, 0.25) is 0 Å². The van der Waals surface area contributed by atoms with Gasteiger partial charge in [0.05, 0.1) is 26.0 Å². The van der Waals surface area contributed by atoms with Crippen molar-refractivity contribution in [1.29, 1.82) is 0 Å². The number of aliphatic imine (C=N–C) groups is 1. The summed E-state index contributed by atoms with van der Waals surface area (Å²) in [5.74, 6) is 2.71. The summed E-state index contributed by atoms with van der Waals surface area (Å²) in [7, 11) is 3.42. The standard InChI is InChI=1S/C20H30N4O2S/c1-6-9-26-17-8-7-15(10-18(17)25-5)11-22-20(21-4)23-12-19-24-16(13-27-19)14(2)3/h7-8,10,13-14H,6,9,11-12H2,1-5H3,(H2,21,22,23). The predicted octanol–water partition coefficient (Wildman–Crippen LogP) is 3.93. The number of nitrogens with one attached hydrogen (secondary N) is 2. The summed E-state index contributed by atoms with van der Waals surface area (Å²) in [5, 5.41) is 9.80. The Morgan fingerprint density at radius 3 is 2.63 bits per heavy atom. The SMILES string of the molecule is CCCOc1ccc(CNC(=NC)NCc2nc(C(C)C)cs2)cc1OC. The van der Waals surface area contributed by atoms with E-state index in [1.165, 1.54) is 0 Å². The number of ether oxygens (including phenoxy) is 2. The Bertz CT molecular complexity index is 743. The largest absolute Gasteiger partial charge is 0.493 e. The summed E-state index contributed by atoms with van der Waals surface area (Å²) < 4.78 is 11.1. The molecule has 0 fully saturated rings. The van der Waals surface area contributed by atoms with E-state index in [9.17, 15) is 0 Å². The first kappa shape index (κ1) is 21.0. The second kappa shape index (κ2) is 10.8. The monoisotopic (exact) mass is 390 g/mol. The van der Waals surface area contributed by atoms with Crippen molar-refractivity contribution in [2.75, 3.05) is 20.8 Å². The van der Waals surface area contributed by atoms with E-state index in [0.29, 0.717) is 25.6 Å². The van der Waals surface area contributed by atoms with Gasteiger partial charge in [0.2, 0.25) is 0 Å². The number of thiazole rings is 1. The molecule has 7 heteroatoms. The molecule has 2 aromatic rings. The molecular formula is C20H30N4O2S. The lowest BCUT2D eigenvalue weighted by Crippen LogP contribution is -2.36. The molecule has 0 saturated heterocycles. The van der Waals surface area contributed by atoms with Gasteiger partial charge in [-0.2, -0.15) is 0 Å². The molecule has 0 aliphatic heterocycles. The van der Waals surface area contributed by atoms with Crippen molar-refractivity contribution in [2.45, 2.75) is 46.2 Å². The third kappa shape index (κ3) is 6.43. The molecule has 6 nitrogen and oxygen atoms in total. The summed E-state index contributed by atoms with van der Waals surface area (Å²) in [4.78, 5) is 8.91. The smallest absolute Gasteiger partial charge is 0.191 e. The molecule has 0 spiro atoms. The molecule has 0 aliphatic rings. The van der Waals surface area contributed by atoms with Crippen LogP contribution < -0.4 is 20.1 Å². The molecule has 0 atom stereocenters. The number of rotatable bonds is 9. The fourth-order valence-corrected chi connectivity index (χ4v) is 3.29. The first-order chi connectivity index (χ1) is 13.1. The van der Waals surface area contributed by atoms with Crippen molar-refractivity contribution in [2.24, 2.45) is 4.99 Å². The van der Waals surface area contributed by atoms with Gasteiger partial charge in [0, 0.05) is 19.0 Å². The van der Waals surface area contributed by atoms with Crippen LogP contribution in [-0.2, 0) is 13.1 Å². The fraction of sp³-hybridized carbons (Fsp3) is 0.500. The zero-order valence-electron chi connectivity index (χ0n) is 16.8. The third-order valence-electron chi connectivity index (χ3n) is 3.94. The van der Waals surface area contributed by atoms with E-state index in [4.69, 9.17) is 9.47 Å². The molecule has 0 bridgehead atoms. The van der Waals surface area contributed by atoms with Gasteiger partial charge in [0.15, 0.2) is 17.5 Å². The van der Waals surface area contributed by atoms with Gasteiger partial charge in [-0.3, -0.25) is 4.99 Å². The zero-order valence-corrected chi connectivity index (χ0v) is 17.7. The van der Waals surface area contributed by atoms with E-state index >= 15 is 0 Å². The lowest BCUT2D eigenvalue weighted by molar-refractivity contribution is 0.294. The number of hydrogen-bond donors (Lipinski definition) is 2. The van der Waals surface area contributed by atoms with Crippen molar-refractivity contribution < 1.29 is 9.47 Å². The van der Waals surface area contributed by atoms with Gasteiger partial charge in [-0.05, 0) is 30.0 Å². The summed E-state index contributed by atoms with van der Waals surface area (Å²) in [6.07, 6.45) is 0.964. The lowest BCUT2D eigenvalue weighted by Gasteiger charge is -2.14. The van der Waals surface area contributed by atoms with E-state index in [1.54, 1.807) is 25.5 Å². The van der Waals surface area contributed by atoms with Crippen LogP contribution in [0.4, 0.5) is 0 Å². The Labute approximate surface area is 166 Å². The maximum Gasteiger partial charge on any atom is 0.191 e. The first-order valence-electron chi connectivity index (χ1n) is 9.25. The Balaban J connectivity index is 1.89. The predicted molar refractivity (Wildman–Crippen MR) is 112 cm³/mol. The van der Waals surface area contributed by atoms with E-state index < -0.39 is 0 Å². The number of benzene rings is 1. The Hall–Kier alpha value is -2.28. The molecule has 0 radical (unpaired) electrons. The van der Waals surface area contributed by atoms with Crippen molar-refractivity contribution in [3.05, 3.63) is 39.8 Å². The second-order valence-electron chi connectivity index (χ2n) is 6.43. The lowest BCUT2D eigenvalue weighted by atomic mass is 10.2. The molecule has 1 heterocycles. The molecule has 0 unspecified atom stereocenters. The number of methoxy groups -OCH3 is 1. The molecular weight excluding hydrogens is 360 g/mol. The van der Waals surface area contributed by atoms with E-state index in [2.05, 4.69) is 46.8 Å². The number of hydrogen-bond acceptors (Lipinski definition) is 5. The Morgan fingerprint density at radius 2 is 2.00 bits per heavy atom. The minimum atomic E-state index is 0.451. The van der Waals surface area contributed by atoms with E-state index in [0.717, 1.165) is 40.1 Å². The minimum absolute atomic E-state index is 0.451. The zero-order chi connectivity index (χ0) is 19.6. The van der Waals surface area contributed by atoms with Crippen molar-refractivity contribution in [1.82, 2.24) is 15.6 Å². The minimum Gasteiger partial charge on any atom is -0.493 e. The quantitative estimate of drug-likeness (QED) is 0.502. The molecule has 0 aliphatic carbocycles. The summed E-state index contributed by atoms with van der Waals surface area (Å²) in [6.45, 7) is 8.36. The second-order valence-corrected chi connectivity index (χ2v) is 7.38. The molecule has 0 amide bonds. The summed E-state index contributed by atoms with van der Waals surface area (Å²) in [5.41, 5.74) is 2.23. The molecule has 0 saturated carbocycles.